The Balaban J connectivity index is 0.00000181. The maximum absolute atomic E-state index is 14.9. The minimum atomic E-state index is -1.46. The molecule has 0 amide bonds. The van der Waals surface area contributed by atoms with Gasteiger partial charge in [-0.3, -0.25) is 4.79 Å². The predicted octanol–water partition coefficient (Wildman–Crippen LogP) is 1.83. The van der Waals surface area contributed by atoms with Crippen LogP contribution < -0.4 is 105 Å². The van der Waals surface area contributed by atoms with Crippen LogP contribution in [0, 0.1) is 46.3 Å². The summed E-state index contributed by atoms with van der Waals surface area (Å²) >= 11 is 0. The first-order valence-electron chi connectivity index (χ1n) is 22.6. The van der Waals surface area contributed by atoms with Crippen LogP contribution in [0.4, 0.5) is 0 Å². The Bertz CT molecular complexity index is 2100. The number of rotatable bonds is 10. The largest absolute Gasteiger partial charge is 1.00 e. The molecule has 5 unspecified atom stereocenters. The van der Waals surface area contributed by atoms with Gasteiger partial charge in [-0.15, -0.1) is 0 Å². The third-order valence-corrected chi connectivity index (χ3v) is 17.1. The summed E-state index contributed by atoms with van der Waals surface area (Å²) in [5.74, 6) is 4.50. The van der Waals surface area contributed by atoms with E-state index in [2.05, 4.69) is 33.8 Å². The van der Waals surface area contributed by atoms with Crippen molar-refractivity contribution in [3.05, 3.63) is 81.9 Å². The van der Waals surface area contributed by atoms with E-state index in [0.29, 0.717) is 58.1 Å². The fraction of sp³-hybridized carbons (Fsp3) is 0.600. The van der Waals surface area contributed by atoms with Crippen LogP contribution in [0.5, 0.6) is 23.0 Å². The molecule has 4 aliphatic carbocycles. The average Bonchev–Trinajstić information content (AvgIpc) is 3.71. The molecule has 3 aromatic rings. The van der Waals surface area contributed by atoms with Crippen LogP contribution in [0.15, 0.2) is 48.5 Å². The molecule has 4 saturated carbocycles. The van der Waals surface area contributed by atoms with Crippen molar-refractivity contribution in [2.24, 2.45) is 57.8 Å². The molecule has 316 valence electrons. The van der Waals surface area contributed by atoms with Gasteiger partial charge in [-0.2, -0.15) is 0 Å². The predicted molar refractivity (Wildman–Crippen MR) is 229 cm³/mol. The van der Waals surface area contributed by atoms with E-state index < -0.39 is 17.6 Å². The van der Waals surface area contributed by atoms with Gasteiger partial charge in [0.2, 0.25) is 0 Å². The van der Waals surface area contributed by atoms with Crippen LogP contribution in [0.25, 0.3) is 0 Å². The Morgan fingerprint density at radius 2 is 1.48 bits per heavy atom. The number of carbonyl (C=O) groups excluding carboxylic acids is 2. The molecule has 0 saturated heterocycles. The molecule has 2 aliphatic heterocycles. The minimum absolute atomic E-state index is 0. The Labute approximate surface area is 434 Å². The molecule has 0 aromatic heterocycles. The summed E-state index contributed by atoms with van der Waals surface area (Å²) in [6.45, 7) is 10.7. The Hall–Kier alpha value is -0.880. The van der Waals surface area contributed by atoms with Gasteiger partial charge in [0.1, 0.15) is 23.0 Å². The molecule has 1 spiro atoms. The number of benzene rings is 3. The van der Waals surface area contributed by atoms with Gasteiger partial charge >= 0.3 is 94.6 Å². The van der Waals surface area contributed by atoms with Gasteiger partial charge in [-0.05, 0) is 159 Å². The van der Waals surface area contributed by atoms with Crippen molar-refractivity contribution in [3.8, 4) is 23.0 Å². The topological polar surface area (TPSA) is 145 Å². The van der Waals surface area contributed by atoms with Gasteiger partial charge in [0.15, 0.2) is 11.4 Å². The quantitative estimate of drug-likeness (QED) is 0.105. The molecule has 2 heterocycles. The second-order valence-corrected chi connectivity index (χ2v) is 19.9. The van der Waals surface area contributed by atoms with Crippen molar-refractivity contribution in [2.75, 3.05) is 6.54 Å². The van der Waals surface area contributed by atoms with Crippen LogP contribution in [0.3, 0.4) is 0 Å². The number of unbranched alkanes of at least 4 members (excludes halogenated alkanes) is 1. The van der Waals surface area contributed by atoms with Crippen molar-refractivity contribution in [3.63, 3.8) is 0 Å². The number of carbonyl (C=O) groups is 2. The number of nitrogens with two attached hydrogens (primary N) is 2. The number of aromatic hydroxyl groups is 2. The van der Waals surface area contributed by atoms with E-state index in [0.717, 1.165) is 67.3 Å². The van der Waals surface area contributed by atoms with Gasteiger partial charge < -0.3 is 35.4 Å². The standard InChI is InChI=1S/C50H64N2O6.3Na.3H/c1-5-8-28(2)35-18-19-36-34-13-10-30-25-29(20-22-48(30,3)37(34)21-23-49(35,36)4)33-14-17-40-45(44(33)46(55)41(52)9-6-7-24-51)47(56)58-50(40)38-15-11-31(53)26-42(38)57-43-27-32(54)12-16-39(43)50;;;;;;/h11-12,14-17,26-30,34-37,41,53-54H,5-10,13,18-25,51-52H2,1-4H3;;;;;;/q;3*+1;3*-1/t28-,29?,30?,34?,35-,36?,37?,41+,48+,49-;;;;;;/m1....../s1. The molecule has 10 atom stereocenters. The van der Waals surface area contributed by atoms with E-state index in [1.807, 2.05) is 6.07 Å². The molecule has 3 aromatic carbocycles. The molecule has 0 bridgehead atoms. The molecule has 8 nitrogen and oxygen atoms in total. The maximum Gasteiger partial charge on any atom is 1.00 e. The summed E-state index contributed by atoms with van der Waals surface area (Å²) in [6, 6.07) is 12.8. The number of fused-ring (bicyclic) bond motifs is 11. The summed E-state index contributed by atoms with van der Waals surface area (Å²) in [5, 5.41) is 21.0. The summed E-state index contributed by atoms with van der Waals surface area (Å²) in [5.41, 5.74) is 15.1. The zero-order chi connectivity index (χ0) is 40.7. The second kappa shape index (κ2) is 19.1. The third-order valence-electron chi connectivity index (χ3n) is 17.1. The number of ketones is 1. The van der Waals surface area contributed by atoms with E-state index in [-0.39, 0.29) is 127 Å². The summed E-state index contributed by atoms with van der Waals surface area (Å²) in [7, 11) is 0. The number of hydrogen-bond donors (Lipinski definition) is 4. The number of Topliss-reactive ketones (excluding diaryl/α,β-unsaturated/α-hetero) is 1. The minimum Gasteiger partial charge on any atom is -1.00 e. The SMILES string of the molecule is CCC[C@@H](C)[C@H]1CCC2C3CCC4CC(c5ccc6c(c5C(=O)[C@@H](N)CCCCN)C(=O)OC65c6ccc(O)cc6Oc6cc(O)ccc65)CC[C@]4(C)C3CC[C@@]21C.[H-].[H-].[H-].[Na+].[Na+].[Na+]. The first-order valence-corrected chi connectivity index (χ1v) is 22.6. The average molecular weight is 861 g/mol. The van der Waals surface area contributed by atoms with Gasteiger partial charge in [-0.1, -0.05) is 59.1 Å². The van der Waals surface area contributed by atoms with E-state index in [1.165, 1.54) is 63.5 Å². The van der Waals surface area contributed by atoms with E-state index in [1.54, 1.807) is 24.3 Å². The summed E-state index contributed by atoms with van der Waals surface area (Å²) in [4.78, 5) is 29.5. The number of ether oxygens (including phenoxy) is 2. The number of phenols is 2. The van der Waals surface area contributed by atoms with Crippen molar-refractivity contribution >= 4 is 11.8 Å². The zero-order valence-electron chi connectivity index (χ0n) is 41.0. The molecule has 6 aliphatic rings. The van der Waals surface area contributed by atoms with Gasteiger partial charge in [-0.25, -0.2) is 4.79 Å². The smallest absolute Gasteiger partial charge is 1.00 e. The molecule has 0 radical (unpaired) electrons. The van der Waals surface area contributed by atoms with Gasteiger partial charge in [0.25, 0.3) is 0 Å². The molecular formula is C50H67N2Na3O6. The maximum atomic E-state index is 14.9. The Morgan fingerprint density at radius 1 is 0.836 bits per heavy atom. The molecule has 11 heteroatoms. The van der Waals surface area contributed by atoms with Crippen LogP contribution in [0.1, 0.15) is 171 Å². The summed E-state index contributed by atoms with van der Waals surface area (Å²) in [6.07, 6.45) is 15.7. The van der Waals surface area contributed by atoms with Crippen molar-refractivity contribution in [2.45, 2.75) is 135 Å². The first kappa shape index (κ1) is 49.6. The van der Waals surface area contributed by atoms with E-state index >= 15 is 0 Å². The molecular weight excluding hydrogens is 794 g/mol. The van der Waals surface area contributed by atoms with Crippen LogP contribution in [-0.2, 0) is 10.3 Å². The monoisotopic (exact) mass is 860 g/mol. The Kier molecular flexibility index (Phi) is 15.6. The van der Waals surface area contributed by atoms with Crippen LogP contribution in [-0.4, -0.2) is 34.6 Å². The number of esters is 1. The first-order chi connectivity index (χ1) is 27.8. The number of hydrogen-bond acceptors (Lipinski definition) is 8. The van der Waals surface area contributed by atoms with Crippen molar-refractivity contribution < 1.29 is 122 Å². The molecule has 9 rings (SSSR count). The van der Waals surface area contributed by atoms with Crippen LogP contribution in [0.2, 0.25) is 0 Å². The normalized spacial score (nSPS) is 30.8. The summed E-state index contributed by atoms with van der Waals surface area (Å²) < 4.78 is 12.8. The molecule has 61 heavy (non-hydrogen) atoms. The third kappa shape index (κ3) is 8.02. The van der Waals surface area contributed by atoms with Crippen LogP contribution >= 0.6 is 0 Å². The fourth-order valence-corrected chi connectivity index (χ4v) is 14.4. The molecule has 6 N–H and O–H groups in total. The van der Waals surface area contributed by atoms with E-state index in [4.69, 9.17) is 20.9 Å². The van der Waals surface area contributed by atoms with E-state index in [9.17, 15) is 19.8 Å². The second-order valence-electron chi connectivity index (χ2n) is 19.9. The fourth-order valence-electron chi connectivity index (χ4n) is 14.4. The number of phenolic OH excluding ortho intramolecular Hbond substituents is 2. The Morgan fingerprint density at radius 3 is 2.13 bits per heavy atom. The van der Waals surface area contributed by atoms with Gasteiger partial charge in [0.05, 0.1) is 11.6 Å². The van der Waals surface area contributed by atoms with Gasteiger partial charge in [0, 0.05) is 34.4 Å². The van der Waals surface area contributed by atoms with Crippen molar-refractivity contribution in [1.82, 2.24) is 0 Å². The molecule has 4 fully saturated rings. The van der Waals surface area contributed by atoms with Crippen molar-refractivity contribution in [1.29, 1.82) is 0 Å². The zero-order valence-corrected chi connectivity index (χ0v) is 44.0.